The maximum Gasteiger partial charge on any atom is 0.501 e. The second-order valence-electron chi connectivity index (χ2n) is 4.32. The number of hydrogen-bond acceptors (Lipinski definition) is 6. The Bertz CT molecular complexity index is 279. The number of aliphatic hydroxyl groups is 1. The van der Waals surface area contributed by atoms with Crippen LogP contribution in [0.1, 0.15) is 41.0 Å². The van der Waals surface area contributed by atoms with E-state index in [0.29, 0.717) is 44.5 Å². The van der Waals surface area contributed by atoms with Crippen molar-refractivity contribution in [2.45, 2.75) is 47.1 Å². The molecule has 0 saturated carbocycles. The lowest BCUT2D eigenvalue weighted by Crippen LogP contribution is -2.46. The molecule has 22 heavy (non-hydrogen) atoms. The first kappa shape index (κ1) is 23.5. The summed E-state index contributed by atoms with van der Waals surface area (Å²) in [5, 5.41) is 7.57. The zero-order valence-electron chi connectivity index (χ0n) is 14.6. The lowest BCUT2D eigenvalue weighted by molar-refractivity contribution is -0.139. The lowest BCUT2D eigenvalue weighted by atomic mass is 10.4. The van der Waals surface area contributed by atoms with Gasteiger partial charge in [0.05, 0.1) is 6.61 Å². The van der Waals surface area contributed by atoms with E-state index in [-0.39, 0.29) is 12.6 Å². The van der Waals surface area contributed by atoms with E-state index in [1.165, 1.54) is 0 Å². The van der Waals surface area contributed by atoms with Crippen LogP contribution in [0, 0.1) is 0 Å². The number of aliphatic hydroxyl groups excluding tert-OH is 1. The quantitative estimate of drug-likeness (QED) is 0.270. The number of esters is 1. The molecule has 0 aromatic rings. The highest BCUT2D eigenvalue weighted by molar-refractivity contribution is 6.60. The molecule has 0 unspecified atom stereocenters. The number of carbonyl (C=O) groups is 1. The molecule has 7 heteroatoms. The van der Waals surface area contributed by atoms with Gasteiger partial charge in [0.25, 0.3) is 0 Å². The number of ether oxygens (including phenoxy) is 1. The van der Waals surface area contributed by atoms with Gasteiger partial charge in [-0.15, -0.1) is 0 Å². The van der Waals surface area contributed by atoms with Gasteiger partial charge in [-0.3, -0.25) is 0 Å². The van der Waals surface area contributed by atoms with Crippen LogP contribution in [0.5, 0.6) is 0 Å². The topological polar surface area (TPSA) is 74.2 Å². The second kappa shape index (κ2) is 15.2. The molecular formula is C15H32O6Si. The van der Waals surface area contributed by atoms with Crippen molar-refractivity contribution < 1.29 is 27.9 Å². The Hall–Kier alpha value is -0.733. The minimum Gasteiger partial charge on any atom is -0.462 e. The fourth-order valence-corrected chi connectivity index (χ4v) is 4.16. The van der Waals surface area contributed by atoms with Crippen molar-refractivity contribution in [2.75, 3.05) is 33.0 Å². The Morgan fingerprint density at radius 3 is 1.77 bits per heavy atom. The monoisotopic (exact) mass is 336 g/mol. The first-order valence-electron chi connectivity index (χ1n) is 7.78. The van der Waals surface area contributed by atoms with Gasteiger partial charge in [-0.05, 0) is 41.0 Å². The van der Waals surface area contributed by atoms with Crippen LogP contribution in [-0.2, 0) is 22.8 Å². The molecule has 132 valence electrons. The number of carbonyl (C=O) groups excluding carboxylic acids is 1. The van der Waals surface area contributed by atoms with Crippen molar-refractivity contribution in [1.82, 2.24) is 0 Å². The Labute approximate surface area is 135 Å². The second-order valence-corrected chi connectivity index (χ2v) is 7.05. The molecule has 0 aliphatic carbocycles. The third-order valence-electron chi connectivity index (χ3n) is 2.30. The summed E-state index contributed by atoms with van der Waals surface area (Å²) in [6.45, 7) is 14.8. The molecular weight excluding hydrogens is 304 g/mol. The third kappa shape index (κ3) is 11.9. The van der Waals surface area contributed by atoms with Crippen LogP contribution >= 0.6 is 0 Å². The molecule has 0 rings (SSSR count). The first-order valence-corrected chi connectivity index (χ1v) is 9.71. The number of rotatable bonds is 11. The van der Waals surface area contributed by atoms with Gasteiger partial charge in [0.15, 0.2) is 0 Å². The fourth-order valence-electron chi connectivity index (χ4n) is 1.58. The minimum atomic E-state index is -2.61. The molecule has 0 bridgehead atoms. The van der Waals surface area contributed by atoms with E-state index in [1.807, 2.05) is 20.8 Å². The van der Waals surface area contributed by atoms with E-state index >= 15 is 0 Å². The molecule has 0 atom stereocenters. The van der Waals surface area contributed by atoms with Crippen molar-refractivity contribution in [3.63, 3.8) is 0 Å². The van der Waals surface area contributed by atoms with Crippen LogP contribution in [0.4, 0.5) is 0 Å². The highest BCUT2D eigenvalue weighted by Crippen LogP contribution is 2.18. The first-order chi connectivity index (χ1) is 10.4. The molecule has 0 heterocycles. The van der Waals surface area contributed by atoms with E-state index < -0.39 is 8.80 Å². The zero-order chi connectivity index (χ0) is 17.4. The van der Waals surface area contributed by atoms with E-state index in [1.54, 1.807) is 13.8 Å². The normalized spacial score (nSPS) is 10.6. The standard InChI is InChI=1S/C13H26O5Si.C2H6O/c1-6-16-19(17-7-2,18-8-3)11-9-10-15-13(14)12(4)5;1-2-3/h4,6-11H2,1-3,5H3;3H,2H2,1H3. The molecule has 0 aliphatic rings. The van der Waals surface area contributed by atoms with Gasteiger partial charge in [0.1, 0.15) is 0 Å². The van der Waals surface area contributed by atoms with Gasteiger partial charge in [0.2, 0.25) is 0 Å². The Morgan fingerprint density at radius 2 is 1.45 bits per heavy atom. The highest BCUT2D eigenvalue weighted by Gasteiger charge is 2.39. The third-order valence-corrected chi connectivity index (χ3v) is 5.45. The summed E-state index contributed by atoms with van der Waals surface area (Å²) in [7, 11) is -2.61. The smallest absolute Gasteiger partial charge is 0.462 e. The van der Waals surface area contributed by atoms with Gasteiger partial charge in [0, 0.05) is 38.0 Å². The molecule has 0 saturated heterocycles. The van der Waals surface area contributed by atoms with E-state index in [2.05, 4.69) is 6.58 Å². The van der Waals surface area contributed by atoms with Crippen LogP contribution in [-0.4, -0.2) is 52.9 Å². The van der Waals surface area contributed by atoms with Gasteiger partial charge in [-0.25, -0.2) is 4.79 Å². The summed E-state index contributed by atoms with van der Waals surface area (Å²) in [6.07, 6.45) is 0.658. The largest absolute Gasteiger partial charge is 0.501 e. The summed E-state index contributed by atoms with van der Waals surface area (Å²) in [5.74, 6) is -0.364. The molecule has 1 N–H and O–H groups in total. The van der Waals surface area contributed by atoms with Crippen LogP contribution in [0.15, 0.2) is 12.2 Å². The van der Waals surface area contributed by atoms with Gasteiger partial charge >= 0.3 is 14.8 Å². The minimum absolute atomic E-state index is 0.250. The fraction of sp³-hybridized carbons (Fsp3) is 0.800. The highest BCUT2D eigenvalue weighted by atomic mass is 28.4. The molecule has 0 fully saturated rings. The summed E-state index contributed by atoms with van der Waals surface area (Å²) in [5.41, 5.74) is 0.405. The molecule has 0 amide bonds. The molecule has 0 aliphatic heterocycles. The van der Waals surface area contributed by atoms with Crippen molar-refractivity contribution >= 4 is 14.8 Å². The summed E-state index contributed by atoms with van der Waals surface area (Å²) >= 11 is 0. The zero-order valence-corrected chi connectivity index (χ0v) is 15.6. The lowest BCUT2D eigenvalue weighted by Gasteiger charge is -2.28. The molecule has 0 aromatic heterocycles. The molecule has 6 nitrogen and oxygen atoms in total. The SMILES string of the molecule is C=C(C)C(=O)OCCC[Si](OCC)(OCC)OCC.CCO. The van der Waals surface area contributed by atoms with E-state index in [9.17, 15) is 4.79 Å². The van der Waals surface area contributed by atoms with Gasteiger partial charge < -0.3 is 23.1 Å². The summed E-state index contributed by atoms with van der Waals surface area (Å²) < 4.78 is 22.2. The Kier molecular flexibility index (Phi) is 16.2. The summed E-state index contributed by atoms with van der Waals surface area (Å²) in [6, 6.07) is 0.645. The van der Waals surface area contributed by atoms with Crippen LogP contribution in [0.3, 0.4) is 0 Å². The van der Waals surface area contributed by atoms with Crippen molar-refractivity contribution in [1.29, 1.82) is 0 Å². The maximum atomic E-state index is 11.2. The van der Waals surface area contributed by atoms with Crippen LogP contribution in [0.25, 0.3) is 0 Å². The average molecular weight is 337 g/mol. The van der Waals surface area contributed by atoms with Gasteiger partial charge in [-0.2, -0.15) is 0 Å². The number of hydrogen-bond donors (Lipinski definition) is 1. The molecule has 0 aromatic carbocycles. The van der Waals surface area contributed by atoms with E-state index in [4.69, 9.17) is 23.1 Å². The van der Waals surface area contributed by atoms with Crippen LogP contribution < -0.4 is 0 Å². The molecule has 0 spiro atoms. The van der Waals surface area contributed by atoms with E-state index in [0.717, 1.165) is 0 Å². The van der Waals surface area contributed by atoms with Crippen molar-refractivity contribution in [3.05, 3.63) is 12.2 Å². The predicted octanol–water partition coefficient (Wildman–Crippen LogP) is 2.54. The predicted molar refractivity (Wildman–Crippen MR) is 88.6 cm³/mol. The Morgan fingerprint density at radius 1 is 1.05 bits per heavy atom. The average Bonchev–Trinajstić information content (AvgIpc) is 2.45. The summed E-state index contributed by atoms with van der Waals surface area (Å²) in [4.78, 5) is 11.2. The Balaban J connectivity index is 0. The van der Waals surface area contributed by atoms with Gasteiger partial charge in [-0.1, -0.05) is 6.58 Å². The maximum absolute atomic E-state index is 11.2. The van der Waals surface area contributed by atoms with Crippen LogP contribution in [0.2, 0.25) is 6.04 Å². The van der Waals surface area contributed by atoms with Crippen molar-refractivity contribution in [3.8, 4) is 0 Å². The molecule has 0 radical (unpaired) electrons. The van der Waals surface area contributed by atoms with Crippen molar-refractivity contribution in [2.24, 2.45) is 0 Å².